The van der Waals surface area contributed by atoms with E-state index in [0.29, 0.717) is 11.1 Å². The molecule has 0 spiro atoms. The summed E-state index contributed by atoms with van der Waals surface area (Å²) in [6.45, 7) is 5.71. The van der Waals surface area contributed by atoms with Crippen molar-refractivity contribution in [2.24, 2.45) is 0 Å². The average molecular weight is 324 g/mol. The van der Waals surface area contributed by atoms with Crippen LogP contribution in [0.3, 0.4) is 0 Å². The van der Waals surface area contributed by atoms with Gasteiger partial charge in [0.25, 0.3) is 0 Å². The van der Waals surface area contributed by atoms with E-state index < -0.39 is 17.9 Å². The van der Waals surface area contributed by atoms with Gasteiger partial charge in [0.15, 0.2) is 0 Å². The molecule has 2 aromatic carbocycles. The lowest BCUT2D eigenvalue weighted by Crippen LogP contribution is -2.14. The first-order chi connectivity index (χ1) is 11.6. The van der Waals surface area contributed by atoms with Gasteiger partial charge in [-0.15, -0.1) is 6.58 Å². The molecule has 0 aromatic heterocycles. The predicted molar refractivity (Wildman–Crippen MR) is 92.8 cm³/mol. The fourth-order valence-electron chi connectivity index (χ4n) is 2.50. The van der Waals surface area contributed by atoms with Crippen molar-refractivity contribution in [3.8, 4) is 11.1 Å². The molecular formula is C20H20O4. The van der Waals surface area contributed by atoms with Gasteiger partial charge < -0.3 is 9.47 Å². The zero-order valence-electron chi connectivity index (χ0n) is 13.8. The molecule has 0 bridgehead atoms. The van der Waals surface area contributed by atoms with Crippen LogP contribution >= 0.6 is 0 Å². The lowest BCUT2D eigenvalue weighted by atomic mass is 9.92. The van der Waals surface area contributed by atoms with Crippen LogP contribution in [0.1, 0.15) is 28.8 Å². The number of rotatable bonds is 6. The quantitative estimate of drug-likeness (QED) is 0.596. The first-order valence-electron chi connectivity index (χ1n) is 7.69. The monoisotopic (exact) mass is 324 g/mol. The number of hydrogen-bond donors (Lipinski definition) is 0. The SMILES string of the molecule is C=CC(C(=O)OC)c1ccc(-c2ccccc2)c(C(=O)OCC)c1. The first kappa shape index (κ1) is 17.5. The molecule has 0 saturated carbocycles. The molecular weight excluding hydrogens is 304 g/mol. The molecule has 0 aliphatic rings. The van der Waals surface area contributed by atoms with Crippen molar-refractivity contribution in [1.82, 2.24) is 0 Å². The van der Waals surface area contributed by atoms with Crippen LogP contribution in [-0.2, 0) is 14.3 Å². The Balaban J connectivity index is 2.56. The number of ether oxygens (including phenoxy) is 2. The highest BCUT2D eigenvalue weighted by Crippen LogP contribution is 2.29. The van der Waals surface area contributed by atoms with E-state index >= 15 is 0 Å². The average Bonchev–Trinajstić information content (AvgIpc) is 2.63. The molecule has 4 heteroatoms. The van der Waals surface area contributed by atoms with Gasteiger partial charge in [0.2, 0.25) is 0 Å². The number of esters is 2. The van der Waals surface area contributed by atoms with Gasteiger partial charge >= 0.3 is 11.9 Å². The van der Waals surface area contributed by atoms with Crippen molar-refractivity contribution in [2.75, 3.05) is 13.7 Å². The van der Waals surface area contributed by atoms with Crippen LogP contribution in [-0.4, -0.2) is 25.7 Å². The summed E-state index contributed by atoms with van der Waals surface area (Å²) in [6, 6.07) is 14.8. The van der Waals surface area contributed by atoms with E-state index in [1.807, 2.05) is 36.4 Å². The van der Waals surface area contributed by atoms with Crippen molar-refractivity contribution in [3.05, 3.63) is 72.3 Å². The summed E-state index contributed by atoms with van der Waals surface area (Å²) in [5.41, 5.74) is 2.71. The minimum Gasteiger partial charge on any atom is -0.468 e. The van der Waals surface area contributed by atoms with Gasteiger partial charge in [-0.1, -0.05) is 48.5 Å². The van der Waals surface area contributed by atoms with E-state index in [1.54, 1.807) is 19.1 Å². The number of benzene rings is 2. The van der Waals surface area contributed by atoms with Crippen molar-refractivity contribution in [2.45, 2.75) is 12.8 Å². The van der Waals surface area contributed by atoms with Gasteiger partial charge in [-0.3, -0.25) is 4.79 Å². The normalized spacial score (nSPS) is 11.4. The summed E-state index contributed by atoms with van der Waals surface area (Å²) in [7, 11) is 1.32. The summed E-state index contributed by atoms with van der Waals surface area (Å²) in [5, 5.41) is 0. The smallest absolute Gasteiger partial charge is 0.338 e. The van der Waals surface area contributed by atoms with Gasteiger partial charge in [0.05, 0.1) is 25.2 Å². The number of hydrogen-bond acceptors (Lipinski definition) is 4. The molecule has 0 saturated heterocycles. The summed E-state index contributed by atoms with van der Waals surface area (Å²) in [5.74, 6) is -1.48. The third-order valence-corrected chi connectivity index (χ3v) is 3.67. The fourth-order valence-corrected chi connectivity index (χ4v) is 2.50. The molecule has 124 valence electrons. The van der Waals surface area contributed by atoms with Crippen molar-refractivity contribution < 1.29 is 19.1 Å². The maximum atomic E-state index is 12.4. The van der Waals surface area contributed by atoms with E-state index in [1.165, 1.54) is 13.2 Å². The Kier molecular flexibility index (Phi) is 5.90. The molecule has 2 rings (SSSR count). The molecule has 0 aliphatic heterocycles. The summed E-state index contributed by atoms with van der Waals surface area (Å²) in [4.78, 5) is 24.3. The van der Waals surface area contributed by atoms with Crippen LogP contribution in [0.15, 0.2) is 61.2 Å². The predicted octanol–water partition coefficient (Wildman–Crippen LogP) is 3.97. The molecule has 24 heavy (non-hydrogen) atoms. The fraction of sp³-hybridized carbons (Fsp3) is 0.200. The lowest BCUT2D eigenvalue weighted by Gasteiger charge is -2.15. The number of carbonyl (C=O) groups excluding carboxylic acids is 2. The van der Waals surface area contributed by atoms with Crippen LogP contribution < -0.4 is 0 Å². The van der Waals surface area contributed by atoms with Gasteiger partial charge in [0.1, 0.15) is 0 Å². The third-order valence-electron chi connectivity index (χ3n) is 3.67. The zero-order valence-corrected chi connectivity index (χ0v) is 13.8. The van der Waals surface area contributed by atoms with Crippen molar-refractivity contribution in [1.29, 1.82) is 0 Å². The summed E-state index contributed by atoms with van der Waals surface area (Å²) < 4.78 is 9.96. The van der Waals surface area contributed by atoms with Crippen LogP contribution in [0.25, 0.3) is 11.1 Å². The molecule has 1 atom stereocenters. The summed E-state index contributed by atoms with van der Waals surface area (Å²) in [6.07, 6.45) is 1.50. The largest absolute Gasteiger partial charge is 0.468 e. The van der Waals surface area contributed by atoms with Gasteiger partial charge in [-0.25, -0.2) is 4.79 Å². The molecule has 0 N–H and O–H groups in total. The van der Waals surface area contributed by atoms with E-state index in [4.69, 9.17) is 9.47 Å². The van der Waals surface area contributed by atoms with Gasteiger partial charge in [0, 0.05) is 0 Å². The van der Waals surface area contributed by atoms with Crippen molar-refractivity contribution in [3.63, 3.8) is 0 Å². The second-order valence-electron chi connectivity index (χ2n) is 5.13. The second-order valence-corrected chi connectivity index (χ2v) is 5.13. The maximum absolute atomic E-state index is 12.4. The Labute approximate surface area is 141 Å². The minimum atomic E-state index is -0.631. The van der Waals surface area contributed by atoms with Crippen LogP contribution in [0.4, 0.5) is 0 Å². The second kappa shape index (κ2) is 8.11. The molecule has 0 fully saturated rings. The lowest BCUT2D eigenvalue weighted by molar-refractivity contribution is -0.141. The third kappa shape index (κ3) is 3.71. The highest BCUT2D eigenvalue weighted by atomic mass is 16.5. The molecule has 0 heterocycles. The highest BCUT2D eigenvalue weighted by molar-refractivity contribution is 5.98. The zero-order chi connectivity index (χ0) is 17.5. The minimum absolute atomic E-state index is 0.277. The summed E-state index contributed by atoms with van der Waals surface area (Å²) >= 11 is 0. The first-order valence-corrected chi connectivity index (χ1v) is 7.69. The molecule has 2 aromatic rings. The van der Waals surface area contributed by atoms with Gasteiger partial charge in [-0.2, -0.15) is 0 Å². The number of methoxy groups -OCH3 is 1. The van der Waals surface area contributed by atoms with Crippen molar-refractivity contribution >= 4 is 11.9 Å². The molecule has 0 amide bonds. The molecule has 1 unspecified atom stereocenters. The standard InChI is InChI=1S/C20H20O4/c1-4-16(19(21)23-3)15-11-12-17(14-9-7-6-8-10-14)18(13-15)20(22)24-5-2/h4,6-13,16H,1,5H2,2-3H3. The highest BCUT2D eigenvalue weighted by Gasteiger charge is 2.22. The van der Waals surface area contributed by atoms with Crippen LogP contribution in [0.5, 0.6) is 0 Å². The Bertz CT molecular complexity index is 735. The van der Waals surface area contributed by atoms with E-state index in [2.05, 4.69) is 6.58 Å². The van der Waals surface area contributed by atoms with Crippen LogP contribution in [0.2, 0.25) is 0 Å². The molecule has 0 radical (unpaired) electrons. The Hall–Kier alpha value is -2.88. The Morgan fingerprint density at radius 2 is 1.88 bits per heavy atom. The van der Waals surface area contributed by atoms with Gasteiger partial charge in [-0.05, 0) is 29.7 Å². The number of carbonyl (C=O) groups is 2. The maximum Gasteiger partial charge on any atom is 0.338 e. The topological polar surface area (TPSA) is 52.6 Å². The molecule has 0 aliphatic carbocycles. The Morgan fingerprint density at radius 3 is 2.46 bits per heavy atom. The van der Waals surface area contributed by atoms with E-state index in [0.717, 1.165) is 11.1 Å². The van der Waals surface area contributed by atoms with Crippen LogP contribution in [0, 0.1) is 0 Å². The Morgan fingerprint density at radius 1 is 1.17 bits per heavy atom. The van der Waals surface area contributed by atoms with E-state index in [-0.39, 0.29) is 6.61 Å². The molecule has 4 nitrogen and oxygen atoms in total. The van der Waals surface area contributed by atoms with E-state index in [9.17, 15) is 9.59 Å².